The summed E-state index contributed by atoms with van der Waals surface area (Å²) in [5.41, 5.74) is 2.54. The van der Waals surface area contributed by atoms with Crippen LogP contribution in [-0.2, 0) is 17.8 Å². The highest BCUT2D eigenvalue weighted by Gasteiger charge is 2.19. The molecule has 1 aromatic carbocycles. The largest absolute Gasteiger partial charge is 0.351 e. The maximum Gasteiger partial charge on any atom is 0.237 e. The molecule has 1 saturated heterocycles. The number of amides is 1. The number of hydrogen-bond acceptors (Lipinski definition) is 2. The Labute approximate surface area is 115 Å². The van der Waals surface area contributed by atoms with Gasteiger partial charge in [0.1, 0.15) is 0 Å². The molecule has 1 aliphatic rings. The van der Waals surface area contributed by atoms with Crippen LogP contribution in [0.4, 0.5) is 0 Å². The number of carbonyl (C=O) groups is 1. The smallest absolute Gasteiger partial charge is 0.237 e. The van der Waals surface area contributed by atoms with E-state index in [0.717, 1.165) is 25.8 Å². The second-order valence-electron chi connectivity index (χ2n) is 5.29. The fourth-order valence-corrected chi connectivity index (χ4v) is 2.50. The van der Waals surface area contributed by atoms with Crippen LogP contribution in [0.2, 0.25) is 0 Å². The standard InChI is InChI=1S/C16H24N2O/c1-2-5-13-7-9-14(10-8-13)12-18-16(19)15-6-3-4-11-17-15/h7-10,15,17H,2-6,11-12H2,1H3,(H,18,19). The Kier molecular flexibility index (Phi) is 5.40. The number of carbonyl (C=O) groups excluding carboxylic acids is 1. The van der Waals surface area contributed by atoms with Crippen LogP contribution < -0.4 is 10.6 Å². The maximum absolute atomic E-state index is 12.0. The van der Waals surface area contributed by atoms with E-state index in [1.807, 2.05) is 0 Å². The summed E-state index contributed by atoms with van der Waals surface area (Å²) in [6.07, 6.45) is 5.59. The van der Waals surface area contributed by atoms with E-state index in [1.165, 1.54) is 24.0 Å². The molecule has 1 amide bonds. The van der Waals surface area contributed by atoms with E-state index in [1.54, 1.807) is 0 Å². The predicted molar refractivity (Wildman–Crippen MR) is 77.9 cm³/mol. The summed E-state index contributed by atoms with van der Waals surface area (Å²) in [6.45, 7) is 3.78. The van der Waals surface area contributed by atoms with Gasteiger partial charge in [-0.1, -0.05) is 44.0 Å². The van der Waals surface area contributed by atoms with Crippen molar-refractivity contribution in [1.82, 2.24) is 10.6 Å². The van der Waals surface area contributed by atoms with Gasteiger partial charge >= 0.3 is 0 Å². The highest BCUT2D eigenvalue weighted by Crippen LogP contribution is 2.09. The predicted octanol–water partition coefficient (Wildman–Crippen LogP) is 2.40. The molecule has 1 aliphatic heterocycles. The molecule has 0 aromatic heterocycles. The summed E-state index contributed by atoms with van der Waals surface area (Å²) in [7, 11) is 0. The summed E-state index contributed by atoms with van der Waals surface area (Å²) < 4.78 is 0. The minimum absolute atomic E-state index is 0.00751. The number of hydrogen-bond donors (Lipinski definition) is 2. The number of rotatable bonds is 5. The lowest BCUT2D eigenvalue weighted by molar-refractivity contribution is -0.123. The van der Waals surface area contributed by atoms with E-state index in [4.69, 9.17) is 0 Å². The second-order valence-corrected chi connectivity index (χ2v) is 5.29. The Morgan fingerprint density at radius 3 is 2.63 bits per heavy atom. The van der Waals surface area contributed by atoms with E-state index in [2.05, 4.69) is 41.8 Å². The van der Waals surface area contributed by atoms with Crippen LogP contribution in [0.1, 0.15) is 43.7 Å². The van der Waals surface area contributed by atoms with Crippen LogP contribution in [0.15, 0.2) is 24.3 Å². The molecule has 1 unspecified atom stereocenters. The van der Waals surface area contributed by atoms with Crippen LogP contribution >= 0.6 is 0 Å². The Morgan fingerprint density at radius 2 is 2.00 bits per heavy atom. The molecular formula is C16H24N2O. The maximum atomic E-state index is 12.0. The second kappa shape index (κ2) is 7.29. The SMILES string of the molecule is CCCc1ccc(CNC(=O)C2CCCCN2)cc1. The molecule has 3 nitrogen and oxygen atoms in total. The molecule has 2 rings (SSSR count). The molecular weight excluding hydrogens is 236 g/mol. The lowest BCUT2D eigenvalue weighted by Crippen LogP contribution is -2.46. The third-order valence-corrected chi connectivity index (χ3v) is 3.66. The van der Waals surface area contributed by atoms with Gasteiger partial charge in [-0.2, -0.15) is 0 Å². The van der Waals surface area contributed by atoms with Gasteiger partial charge in [-0.25, -0.2) is 0 Å². The van der Waals surface area contributed by atoms with Gasteiger partial charge < -0.3 is 10.6 Å². The molecule has 0 radical (unpaired) electrons. The molecule has 0 bridgehead atoms. The fourth-order valence-electron chi connectivity index (χ4n) is 2.50. The lowest BCUT2D eigenvalue weighted by Gasteiger charge is -2.22. The highest BCUT2D eigenvalue weighted by atomic mass is 16.2. The number of piperidine rings is 1. The van der Waals surface area contributed by atoms with Gasteiger partial charge in [0.25, 0.3) is 0 Å². The van der Waals surface area contributed by atoms with Gasteiger partial charge in [-0.05, 0) is 36.9 Å². The van der Waals surface area contributed by atoms with Crippen molar-refractivity contribution in [1.29, 1.82) is 0 Å². The van der Waals surface area contributed by atoms with Crippen molar-refractivity contribution in [3.8, 4) is 0 Å². The van der Waals surface area contributed by atoms with E-state index in [9.17, 15) is 4.79 Å². The van der Waals surface area contributed by atoms with Gasteiger partial charge in [0.15, 0.2) is 0 Å². The third kappa shape index (κ3) is 4.35. The fraction of sp³-hybridized carbons (Fsp3) is 0.562. The molecule has 104 valence electrons. The van der Waals surface area contributed by atoms with E-state index < -0.39 is 0 Å². The molecule has 1 heterocycles. The van der Waals surface area contributed by atoms with Crippen molar-refractivity contribution in [2.45, 2.75) is 51.6 Å². The van der Waals surface area contributed by atoms with E-state index in [-0.39, 0.29) is 11.9 Å². The van der Waals surface area contributed by atoms with Crippen molar-refractivity contribution in [2.24, 2.45) is 0 Å². The molecule has 3 heteroatoms. The first-order valence-electron chi connectivity index (χ1n) is 7.38. The first kappa shape index (κ1) is 14.1. The van der Waals surface area contributed by atoms with Crippen LogP contribution in [0.5, 0.6) is 0 Å². The quantitative estimate of drug-likeness (QED) is 0.853. The van der Waals surface area contributed by atoms with Gasteiger partial charge in [-0.3, -0.25) is 4.79 Å². The third-order valence-electron chi connectivity index (χ3n) is 3.66. The average Bonchev–Trinajstić information content (AvgIpc) is 2.47. The lowest BCUT2D eigenvalue weighted by atomic mass is 10.0. The molecule has 0 saturated carbocycles. The number of aryl methyl sites for hydroxylation is 1. The van der Waals surface area contributed by atoms with Crippen LogP contribution in [0.25, 0.3) is 0 Å². The Hall–Kier alpha value is -1.35. The summed E-state index contributed by atoms with van der Waals surface area (Å²) >= 11 is 0. The van der Waals surface area contributed by atoms with Crippen molar-refractivity contribution in [3.63, 3.8) is 0 Å². The molecule has 0 aliphatic carbocycles. The van der Waals surface area contributed by atoms with Crippen molar-refractivity contribution < 1.29 is 4.79 Å². The van der Waals surface area contributed by atoms with Crippen molar-refractivity contribution in [3.05, 3.63) is 35.4 Å². The number of benzene rings is 1. The van der Waals surface area contributed by atoms with Crippen LogP contribution in [0.3, 0.4) is 0 Å². The zero-order valence-corrected chi connectivity index (χ0v) is 11.7. The van der Waals surface area contributed by atoms with Crippen LogP contribution in [0, 0.1) is 0 Å². The average molecular weight is 260 g/mol. The number of nitrogens with one attached hydrogen (secondary N) is 2. The van der Waals surface area contributed by atoms with E-state index >= 15 is 0 Å². The van der Waals surface area contributed by atoms with Crippen LogP contribution in [-0.4, -0.2) is 18.5 Å². The van der Waals surface area contributed by atoms with Gasteiger partial charge in [-0.15, -0.1) is 0 Å². The topological polar surface area (TPSA) is 41.1 Å². The normalized spacial score (nSPS) is 19.1. The van der Waals surface area contributed by atoms with E-state index in [0.29, 0.717) is 6.54 Å². The molecule has 1 aromatic rings. The minimum atomic E-state index is 0.00751. The van der Waals surface area contributed by atoms with Crippen molar-refractivity contribution in [2.75, 3.05) is 6.54 Å². The summed E-state index contributed by atoms with van der Waals surface area (Å²) in [4.78, 5) is 12.0. The van der Waals surface area contributed by atoms with Gasteiger partial charge in [0.2, 0.25) is 5.91 Å². The van der Waals surface area contributed by atoms with Gasteiger partial charge in [0, 0.05) is 6.54 Å². The molecule has 19 heavy (non-hydrogen) atoms. The summed E-state index contributed by atoms with van der Waals surface area (Å²) in [5.74, 6) is 0.136. The zero-order chi connectivity index (χ0) is 13.5. The summed E-state index contributed by atoms with van der Waals surface area (Å²) in [6, 6.07) is 8.54. The Bertz CT molecular complexity index is 394. The van der Waals surface area contributed by atoms with Crippen molar-refractivity contribution >= 4 is 5.91 Å². The highest BCUT2D eigenvalue weighted by molar-refractivity contribution is 5.81. The Morgan fingerprint density at radius 1 is 1.26 bits per heavy atom. The molecule has 1 fully saturated rings. The monoisotopic (exact) mass is 260 g/mol. The first-order valence-corrected chi connectivity index (χ1v) is 7.38. The van der Waals surface area contributed by atoms with Gasteiger partial charge in [0.05, 0.1) is 6.04 Å². The molecule has 1 atom stereocenters. The molecule has 0 spiro atoms. The first-order chi connectivity index (χ1) is 9.29. The zero-order valence-electron chi connectivity index (χ0n) is 11.7. The Balaban J connectivity index is 1.79. The summed E-state index contributed by atoms with van der Waals surface area (Å²) in [5, 5.41) is 6.29. The molecule has 2 N–H and O–H groups in total. The minimum Gasteiger partial charge on any atom is -0.351 e.